The third-order valence-corrected chi connectivity index (χ3v) is 6.85. The molecule has 0 unspecified atom stereocenters. The Kier molecular flexibility index (Phi) is 17.6. The van der Waals surface area contributed by atoms with E-state index in [4.69, 9.17) is 5.73 Å². The predicted octanol–water partition coefficient (Wildman–Crippen LogP) is 10.7. The Morgan fingerprint density at radius 3 is 1.80 bits per heavy atom. The molecule has 2 heteroatoms. The van der Waals surface area contributed by atoms with Crippen LogP contribution in [0.3, 0.4) is 0 Å². The Hall–Kier alpha value is -1.31. The molecule has 1 amide bonds. The van der Waals surface area contributed by atoms with E-state index in [2.05, 4.69) is 74.5 Å². The van der Waals surface area contributed by atoms with Crippen molar-refractivity contribution in [2.45, 2.75) is 154 Å². The van der Waals surface area contributed by atoms with Crippen LogP contribution in [0.5, 0.6) is 0 Å². The first-order valence-corrected chi connectivity index (χ1v) is 14.6. The summed E-state index contributed by atoms with van der Waals surface area (Å²) in [6, 6.07) is 0. The van der Waals surface area contributed by atoms with E-state index in [1.807, 2.05) is 27.7 Å². The van der Waals surface area contributed by atoms with Crippen LogP contribution in [0.4, 0.5) is 0 Å². The minimum atomic E-state index is -0.218. The van der Waals surface area contributed by atoms with Gasteiger partial charge in [-0.3, -0.25) is 4.79 Å². The number of primary amides is 1. The van der Waals surface area contributed by atoms with Gasteiger partial charge in [-0.1, -0.05) is 125 Å². The molecule has 2 N–H and O–H groups in total. The molecular weight excluding hydrogens is 426 g/mol. The van der Waals surface area contributed by atoms with E-state index in [9.17, 15) is 4.79 Å². The maximum absolute atomic E-state index is 11.9. The van der Waals surface area contributed by atoms with Gasteiger partial charge in [-0.15, -0.1) is 0 Å². The number of amides is 1. The van der Waals surface area contributed by atoms with Crippen LogP contribution in [0.25, 0.3) is 0 Å². The van der Waals surface area contributed by atoms with E-state index in [0.717, 1.165) is 55.9 Å². The minimum Gasteiger partial charge on any atom is -0.366 e. The molecule has 0 heterocycles. The van der Waals surface area contributed by atoms with E-state index < -0.39 is 0 Å². The van der Waals surface area contributed by atoms with Crippen molar-refractivity contribution >= 4 is 5.91 Å². The summed E-state index contributed by atoms with van der Waals surface area (Å²) in [7, 11) is 0. The molecule has 2 nitrogen and oxygen atoms in total. The standard InChI is InChI=1S/C21H33NO.C5H10.C3H8.2C2H6/c1-20(2,3)16-9-6-8-15-11-12-17(14-18(15)19(22)23)21(4,5)13-7-10-16;1-5(2)3-4-5;1-3-2;2*1-2/h10,12H,6-9,11,13-14H2,1-5H3,(H2,22,23);3-4H2,1-2H3;3H2,1-2H3;2*1-2H3/b16-10+;;;;. The van der Waals surface area contributed by atoms with Gasteiger partial charge in [0.25, 0.3) is 0 Å². The molecule has 0 aromatic rings. The monoisotopic (exact) mass is 489 g/mol. The summed E-state index contributed by atoms with van der Waals surface area (Å²) in [6.45, 7) is 28.4. The summed E-state index contributed by atoms with van der Waals surface area (Å²) in [4.78, 5) is 11.9. The summed E-state index contributed by atoms with van der Waals surface area (Å²) in [5.41, 5.74) is 11.9. The van der Waals surface area contributed by atoms with Crippen molar-refractivity contribution in [1.82, 2.24) is 0 Å². The van der Waals surface area contributed by atoms with E-state index in [1.165, 1.54) is 30.4 Å². The molecule has 4 rings (SSSR count). The quantitative estimate of drug-likeness (QED) is 0.366. The summed E-state index contributed by atoms with van der Waals surface area (Å²) < 4.78 is 0. The third kappa shape index (κ3) is 14.7. The number of allylic oxidation sites excluding steroid dienone is 5. The average Bonchev–Trinajstić information content (AvgIpc) is 3.48. The molecule has 0 aromatic carbocycles. The van der Waals surface area contributed by atoms with Crippen molar-refractivity contribution in [3.63, 3.8) is 0 Å². The fraction of sp³-hybridized carbons (Fsp3) is 0.788. The first-order chi connectivity index (χ1) is 16.2. The Morgan fingerprint density at radius 1 is 0.914 bits per heavy atom. The fourth-order valence-electron chi connectivity index (χ4n) is 4.08. The Morgan fingerprint density at radius 2 is 1.40 bits per heavy atom. The van der Waals surface area contributed by atoms with Crippen molar-refractivity contribution in [2.75, 3.05) is 0 Å². The van der Waals surface area contributed by atoms with Gasteiger partial charge in [-0.25, -0.2) is 0 Å². The smallest absolute Gasteiger partial charge is 0.244 e. The van der Waals surface area contributed by atoms with Crippen LogP contribution >= 0.6 is 0 Å². The van der Waals surface area contributed by atoms with E-state index in [-0.39, 0.29) is 16.7 Å². The molecule has 0 aliphatic heterocycles. The van der Waals surface area contributed by atoms with Crippen LogP contribution in [0.15, 0.2) is 34.4 Å². The Balaban J connectivity index is 0. The number of hydrogen-bond acceptors (Lipinski definition) is 1. The summed E-state index contributed by atoms with van der Waals surface area (Å²) in [5.74, 6) is -0.218. The highest BCUT2D eigenvalue weighted by atomic mass is 16.1. The van der Waals surface area contributed by atoms with Gasteiger partial charge in [0.15, 0.2) is 0 Å². The highest BCUT2D eigenvalue weighted by molar-refractivity contribution is 5.93. The minimum absolute atomic E-state index is 0.130. The molecule has 1 fully saturated rings. The van der Waals surface area contributed by atoms with Gasteiger partial charge in [0, 0.05) is 5.57 Å². The molecule has 4 aliphatic carbocycles. The van der Waals surface area contributed by atoms with Gasteiger partial charge in [-0.2, -0.15) is 0 Å². The number of fused-ring (bicyclic) bond motifs is 8. The van der Waals surface area contributed by atoms with E-state index in [1.54, 1.807) is 5.57 Å². The molecule has 0 saturated heterocycles. The topological polar surface area (TPSA) is 43.1 Å². The average molecular weight is 490 g/mol. The van der Waals surface area contributed by atoms with E-state index in [0.29, 0.717) is 0 Å². The highest BCUT2D eigenvalue weighted by Crippen LogP contribution is 2.44. The van der Waals surface area contributed by atoms with Gasteiger partial charge < -0.3 is 5.73 Å². The lowest BCUT2D eigenvalue weighted by Crippen LogP contribution is -2.24. The van der Waals surface area contributed by atoms with Crippen molar-refractivity contribution in [3.8, 4) is 0 Å². The predicted molar refractivity (Wildman–Crippen MR) is 160 cm³/mol. The SMILES string of the molecule is CC.CC.CC1(C)CC/C=C(/C(C)(C)C)CCCC2=C(C(N)=O)CC1=CC2.CC1(C)CC1.CCC. The zero-order chi connectivity index (χ0) is 27.9. The normalized spacial score (nSPS) is 21.6. The molecule has 0 spiro atoms. The van der Waals surface area contributed by atoms with Crippen molar-refractivity contribution in [1.29, 1.82) is 0 Å². The second-order valence-corrected chi connectivity index (χ2v) is 12.2. The van der Waals surface area contributed by atoms with E-state index >= 15 is 0 Å². The molecule has 0 aromatic heterocycles. The number of hydrogen-bond donors (Lipinski definition) is 1. The van der Waals surface area contributed by atoms with Gasteiger partial charge in [0.1, 0.15) is 0 Å². The molecule has 2 bridgehead atoms. The lowest BCUT2D eigenvalue weighted by atomic mass is 9.72. The van der Waals surface area contributed by atoms with Gasteiger partial charge in [-0.05, 0) is 74.0 Å². The van der Waals surface area contributed by atoms with Crippen LogP contribution in [0.1, 0.15) is 154 Å². The zero-order valence-electron chi connectivity index (χ0n) is 26.2. The molecule has 35 heavy (non-hydrogen) atoms. The van der Waals surface area contributed by atoms with Crippen molar-refractivity contribution < 1.29 is 4.79 Å². The van der Waals surface area contributed by atoms with Crippen LogP contribution < -0.4 is 5.73 Å². The molecule has 0 atom stereocenters. The second-order valence-electron chi connectivity index (χ2n) is 12.2. The summed E-state index contributed by atoms with van der Waals surface area (Å²) >= 11 is 0. The lowest BCUT2D eigenvalue weighted by molar-refractivity contribution is -0.114. The number of carbonyl (C=O) groups is 1. The number of rotatable bonds is 1. The summed E-state index contributed by atoms with van der Waals surface area (Å²) in [6.07, 6.45) is 16.1. The zero-order valence-corrected chi connectivity index (χ0v) is 26.2. The van der Waals surface area contributed by atoms with Gasteiger partial charge >= 0.3 is 0 Å². The molecular formula is C33H63NO. The van der Waals surface area contributed by atoms with Crippen LogP contribution in [0.2, 0.25) is 0 Å². The van der Waals surface area contributed by atoms with Crippen LogP contribution in [-0.4, -0.2) is 5.91 Å². The van der Waals surface area contributed by atoms with Crippen molar-refractivity contribution in [3.05, 3.63) is 34.4 Å². The van der Waals surface area contributed by atoms with Crippen molar-refractivity contribution in [2.24, 2.45) is 22.0 Å². The highest BCUT2D eigenvalue weighted by Gasteiger charge is 2.30. The van der Waals surface area contributed by atoms with Gasteiger partial charge in [0.05, 0.1) is 0 Å². The summed E-state index contributed by atoms with van der Waals surface area (Å²) in [5, 5.41) is 0. The van der Waals surface area contributed by atoms with Crippen LogP contribution in [0, 0.1) is 16.2 Å². The maximum atomic E-state index is 11.9. The largest absolute Gasteiger partial charge is 0.366 e. The molecule has 4 aliphatic rings. The third-order valence-electron chi connectivity index (χ3n) is 6.85. The van der Waals surface area contributed by atoms with Gasteiger partial charge in [0.2, 0.25) is 5.91 Å². The molecule has 206 valence electrons. The molecule has 0 radical (unpaired) electrons. The van der Waals surface area contributed by atoms with Crippen LogP contribution in [-0.2, 0) is 4.79 Å². The fourth-order valence-corrected chi connectivity index (χ4v) is 4.08. The number of nitrogens with two attached hydrogens (primary N) is 1. The lowest BCUT2D eigenvalue weighted by Gasteiger charge is -2.33. The first kappa shape index (κ1) is 35.8. The number of carbonyl (C=O) groups excluding carboxylic acids is 1. The molecule has 1 saturated carbocycles. The Labute approximate surface area is 221 Å². The maximum Gasteiger partial charge on any atom is 0.244 e. The first-order valence-electron chi connectivity index (χ1n) is 14.6. The Bertz CT molecular complexity index is 689. The second kappa shape index (κ2) is 17.2.